The molecule has 20 heavy (non-hydrogen) atoms. The summed E-state index contributed by atoms with van der Waals surface area (Å²) in [5.74, 6) is -1.28. The Morgan fingerprint density at radius 2 is 1.95 bits per heavy atom. The summed E-state index contributed by atoms with van der Waals surface area (Å²) < 4.78 is 18.9. The number of rotatable bonds is 4. The summed E-state index contributed by atoms with van der Waals surface area (Å²) in [7, 11) is 0. The molecule has 0 heterocycles. The van der Waals surface area contributed by atoms with Crippen LogP contribution >= 0.6 is 0 Å². The lowest BCUT2D eigenvalue weighted by atomic mass is 10.1. The second-order valence-corrected chi connectivity index (χ2v) is 4.68. The number of hydrogen-bond acceptors (Lipinski definition) is 2. The Morgan fingerprint density at radius 3 is 2.65 bits per heavy atom. The fourth-order valence-electron chi connectivity index (χ4n) is 1.85. The van der Waals surface area contributed by atoms with Crippen LogP contribution in [0.15, 0.2) is 36.4 Å². The van der Waals surface area contributed by atoms with Crippen molar-refractivity contribution in [2.75, 3.05) is 0 Å². The number of halogens is 1. The third kappa shape index (κ3) is 3.15. The van der Waals surface area contributed by atoms with Gasteiger partial charge in [-0.1, -0.05) is 18.2 Å². The zero-order chi connectivity index (χ0) is 14.7. The highest BCUT2D eigenvalue weighted by Crippen LogP contribution is 2.21. The topological polar surface area (TPSA) is 46.5 Å². The van der Waals surface area contributed by atoms with E-state index in [1.165, 1.54) is 12.1 Å². The first-order chi connectivity index (χ1) is 9.47. The van der Waals surface area contributed by atoms with Crippen molar-refractivity contribution in [1.29, 1.82) is 0 Å². The molecule has 0 aliphatic heterocycles. The molecule has 0 amide bonds. The Hall–Kier alpha value is -2.36. The second-order valence-electron chi connectivity index (χ2n) is 4.68. The molecule has 0 atom stereocenters. The summed E-state index contributed by atoms with van der Waals surface area (Å²) in [6, 6.07) is 9.82. The van der Waals surface area contributed by atoms with Crippen molar-refractivity contribution in [3.63, 3.8) is 0 Å². The first-order valence-corrected chi connectivity index (χ1v) is 6.19. The second kappa shape index (κ2) is 5.74. The van der Waals surface area contributed by atoms with Crippen molar-refractivity contribution in [1.82, 2.24) is 0 Å². The molecule has 0 saturated heterocycles. The number of ether oxygens (including phenoxy) is 1. The highest BCUT2D eigenvalue weighted by molar-refractivity contribution is 5.88. The van der Waals surface area contributed by atoms with Crippen LogP contribution in [-0.4, -0.2) is 11.1 Å². The van der Waals surface area contributed by atoms with E-state index in [1.807, 2.05) is 32.0 Å². The van der Waals surface area contributed by atoms with Crippen molar-refractivity contribution in [2.45, 2.75) is 20.5 Å². The monoisotopic (exact) mass is 274 g/mol. The molecule has 0 aliphatic rings. The van der Waals surface area contributed by atoms with Crippen LogP contribution in [0.3, 0.4) is 0 Å². The van der Waals surface area contributed by atoms with Crippen molar-refractivity contribution in [2.24, 2.45) is 0 Å². The van der Waals surface area contributed by atoms with E-state index in [0.29, 0.717) is 5.56 Å². The fraction of sp³-hybridized carbons (Fsp3) is 0.188. The van der Waals surface area contributed by atoms with Gasteiger partial charge in [0, 0.05) is 0 Å². The average molecular weight is 274 g/mol. The number of carbonyl (C=O) groups is 1. The minimum Gasteiger partial charge on any atom is -0.489 e. The number of carboxylic acids is 1. The minimum absolute atomic E-state index is 0.199. The molecule has 104 valence electrons. The largest absolute Gasteiger partial charge is 0.489 e. The van der Waals surface area contributed by atoms with Gasteiger partial charge < -0.3 is 9.84 Å². The molecule has 0 saturated carbocycles. The van der Waals surface area contributed by atoms with E-state index in [1.54, 1.807) is 0 Å². The molecule has 2 rings (SSSR count). The molecule has 0 unspecified atom stereocenters. The van der Waals surface area contributed by atoms with Gasteiger partial charge in [-0.25, -0.2) is 9.18 Å². The summed E-state index contributed by atoms with van der Waals surface area (Å²) >= 11 is 0. The summed E-state index contributed by atoms with van der Waals surface area (Å²) in [4.78, 5) is 10.9. The van der Waals surface area contributed by atoms with Crippen LogP contribution in [0.2, 0.25) is 0 Å². The lowest BCUT2D eigenvalue weighted by Crippen LogP contribution is -2.04. The van der Waals surface area contributed by atoms with Crippen LogP contribution in [0.1, 0.15) is 27.0 Å². The number of aryl methyl sites for hydroxylation is 2. The van der Waals surface area contributed by atoms with Crippen LogP contribution in [0, 0.1) is 19.7 Å². The smallest absolute Gasteiger partial charge is 0.338 e. The molecule has 0 aliphatic carbocycles. The van der Waals surface area contributed by atoms with E-state index in [4.69, 9.17) is 9.84 Å². The first kappa shape index (κ1) is 14.1. The van der Waals surface area contributed by atoms with Crippen molar-refractivity contribution in [3.05, 3.63) is 64.5 Å². The summed E-state index contributed by atoms with van der Waals surface area (Å²) in [5.41, 5.74) is 2.35. The third-order valence-electron chi connectivity index (χ3n) is 3.00. The van der Waals surface area contributed by atoms with Crippen LogP contribution in [0.4, 0.5) is 4.39 Å². The molecule has 0 aromatic heterocycles. The van der Waals surface area contributed by atoms with Gasteiger partial charge in [-0.15, -0.1) is 0 Å². The Kier molecular flexibility index (Phi) is 4.03. The average Bonchev–Trinajstić information content (AvgIpc) is 2.41. The molecular formula is C16H15FO3. The molecule has 4 heteroatoms. The predicted molar refractivity (Wildman–Crippen MR) is 73.6 cm³/mol. The van der Waals surface area contributed by atoms with Gasteiger partial charge in [0.2, 0.25) is 0 Å². The SMILES string of the molecule is Cc1ccc(C)c(OCc2ccc(F)c(C(=O)O)c2)c1. The van der Waals surface area contributed by atoms with E-state index in [0.717, 1.165) is 22.9 Å². The van der Waals surface area contributed by atoms with Crippen molar-refractivity contribution in [3.8, 4) is 5.75 Å². The number of aromatic carboxylic acids is 1. The number of carboxylic acid groups (broad SMARTS) is 1. The van der Waals surface area contributed by atoms with Gasteiger partial charge in [0.25, 0.3) is 0 Å². The van der Waals surface area contributed by atoms with Gasteiger partial charge in [-0.3, -0.25) is 0 Å². The maximum atomic E-state index is 13.3. The molecule has 2 aromatic rings. The van der Waals surface area contributed by atoms with Gasteiger partial charge in [0.05, 0.1) is 5.56 Å². The third-order valence-corrected chi connectivity index (χ3v) is 3.00. The molecule has 2 aromatic carbocycles. The van der Waals surface area contributed by atoms with Crippen LogP contribution in [0.5, 0.6) is 5.75 Å². The van der Waals surface area contributed by atoms with Crippen molar-refractivity contribution >= 4 is 5.97 Å². The number of benzene rings is 2. The van der Waals surface area contributed by atoms with E-state index in [2.05, 4.69) is 0 Å². The van der Waals surface area contributed by atoms with Gasteiger partial charge >= 0.3 is 5.97 Å². The van der Waals surface area contributed by atoms with E-state index < -0.39 is 11.8 Å². The van der Waals surface area contributed by atoms with Crippen LogP contribution in [-0.2, 0) is 6.61 Å². The van der Waals surface area contributed by atoms with E-state index in [-0.39, 0.29) is 12.2 Å². The Morgan fingerprint density at radius 1 is 1.20 bits per heavy atom. The Bertz CT molecular complexity index is 650. The zero-order valence-electron chi connectivity index (χ0n) is 11.3. The Balaban J connectivity index is 2.17. The molecule has 0 radical (unpaired) electrons. The molecule has 0 bridgehead atoms. The normalized spacial score (nSPS) is 10.3. The fourth-order valence-corrected chi connectivity index (χ4v) is 1.85. The maximum absolute atomic E-state index is 13.3. The summed E-state index contributed by atoms with van der Waals surface area (Å²) in [6.07, 6.45) is 0. The molecular weight excluding hydrogens is 259 g/mol. The highest BCUT2D eigenvalue weighted by Gasteiger charge is 2.11. The standard InChI is InChI=1S/C16H15FO3/c1-10-3-4-11(2)15(7-10)20-9-12-5-6-14(17)13(8-12)16(18)19/h3-8H,9H2,1-2H3,(H,18,19). The van der Waals surface area contributed by atoms with Crippen LogP contribution < -0.4 is 4.74 Å². The quantitative estimate of drug-likeness (QED) is 0.924. The van der Waals surface area contributed by atoms with Crippen molar-refractivity contribution < 1.29 is 19.0 Å². The lowest BCUT2D eigenvalue weighted by molar-refractivity contribution is 0.0691. The van der Waals surface area contributed by atoms with E-state index in [9.17, 15) is 9.18 Å². The Labute approximate surface area is 116 Å². The molecule has 1 N–H and O–H groups in total. The highest BCUT2D eigenvalue weighted by atomic mass is 19.1. The molecule has 0 fully saturated rings. The lowest BCUT2D eigenvalue weighted by Gasteiger charge is -2.10. The van der Waals surface area contributed by atoms with Crippen LogP contribution in [0.25, 0.3) is 0 Å². The van der Waals surface area contributed by atoms with Gasteiger partial charge in [-0.05, 0) is 48.7 Å². The summed E-state index contributed by atoms with van der Waals surface area (Å²) in [5, 5.41) is 8.88. The molecule has 3 nitrogen and oxygen atoms in total. The van der Waals surface area contributed by atoms with Gasteiger partial charge in [0.15, 0.2) is 0 Å². The van der Waals surface area contributed by atoms with Gasteiger partial charge in [-0.2, -0.15) is 0 Å². The molecule has 0 spiro atoms. The minimum atomic E-state index is -1.28. The first-order valence-electron chi connectivity index (χ1n) is 6.19. The number of hydrogen-bond donors (Lipinski definition) is 1. The summed E-state index contributed by atoms with van der Waals surface area (Å²) in [6.45, 7) is 4.10. The van der Waals surface area contributed by atoms with E-state index >= 15 is 0 Å². The zero-order valence-corrected chi connectivity index (χ0v) is 11.3. The maximum Gasteiger partial charge on any atom is 0.338 e. The van der Waals surface area contributed by atoms with Gasteiger partial charge in [0.1, 0.15) is 18.2 Å². The predicted octanol–water partition coefficient (Wildman–Crippen LogP) is 3.72.